The number of amides is 1. The summed E-state index contributed by atoms with van der Waals surface area (Å²) >= 11 is 0. The second-order valence-electron chi connectivity index (χ2n) is 4.50. The summed E-state index contributed by atoms with van der Waals surface area (Å²) in [6.45, 7) is 5.58. The molecule has 0 bridgehead atoms. The average Bonchev–Trinajstić information content (AvgIpc) is 2.78. The third-order valence-electron chi connectivity index (χ3n) is 2.84. The summed E-state index contributed by atoms with van der Waals surface area (Å²) in [5, 5.41) is 2.44. The monoisotopic (exact) mass is 279 g/mol. The molecule has 2 N–H and O–H groups in total. The van der Waals surface area contributed by atoms with E-state index >= 15 is 0 Å². The maximum Gasteiger partial charge on any atom is 0.280 e. The Kier molecular flexibility index (Phi) is 4.14. The standard InChI is InChI=1S/C12H17N5O3/c1-4-7(2)20-6-17-5-13-9-10(17)15-12(14-8(3)18)16-11(9)19/h5,7H,4,6H2,1-3H3,(H2,14,15,16,18,19). The van der Waals surface area contributed by atoms with E-state index in [1.165, 1.54) is 13.3 Å². The number of imidazole rings is 1. The molecule has 0 aliphatic carbocycles. The van der Waals surface area contributed by atoms with Crippen molar-refractivity contribution in [2.45, 2.75) is 40.0 Å². The molecule has 8 heteroatoms. The molecule has 2 aromatic heterocycles. The zero-order valence-electron chi connectivity index (χ0n) is 11.6. The molecule has 2 heterocycles. The van der Waals surface area contributed by atoms with Crippen LogP contribution in [0.4, 0.5) is 5.95 Å². The van der Waals surface area contributed by atoms with Crippen LogP contribution in [0.2, 0.25) is 0 Å². The fraction of sp³-hybridized carbons (Fsp3) is 0.500. The van der Waals surface area contributed by atoms with Crippen molar-refractivity contribution in [2.24, 2.45) is 0 Å². The Morgan fingerprint density at radius 1 is 1.60 bits per heavy atom. The number of anilines is 1. The molecule has 0 saturated carbocycles. The van der Waals surface area contributed by atoms with E-state index in [2.05, 4.69) is 20.3 Å². The minimum atomic E-state index is -0.402. The van der Waals surface area contributed by atoms with Crippen LogP contribution >= 0.6 is 0 Å². The molecule has 1 unspecified atom stereocenters. The highest BCUT2D eigenvalue weighted by molar-refractivity contribution is 5.87. The van der Waals surface area contributed by atoms with E-state index in [9.17, 15) is 9.59 Å². The van der Waals surface area contributed by atoms with Gasteiger partial charge in [-0.25, -0.2) is 4.98 Å². The molecule has 2 aromatic rings. The van der Waals surface area contributed by atoms with Gasteiger partial charge in [0.15, 0.2) is 11.2 Å². The summed E-state index contributed by atoms with van der Waals surface area (Å²) in [5.74, 6) is -0.213. The molecule has 2 rings (SSSR count). The van der Waals surface area contributed by atoms with Crippen LogP contribution in [0.5, 0.6) is 0 Å². The largest absolute Gasteiger partial charge is 0.358 e. The molecule has 0 aromatic carbocycles. The van der Waals surface area contributed by atoms with Gasteiger partial charge in [-0.3, -0.25) is 24.5 Å². The van der Waals surface area contributed by atoms with E-state index in [0.29, 0.717) is 5.65 Å². The van der Waals surface area contributed by atoms with Gasteiger partial charge in [0.2, 0.25) is 11.9 Å². The fourth-order valence-electron chi connectivity index (χ4n) is 1.60. The molecule has 108 valence electrons. The van der Waals surface area contributed by atoms with Crippen molar-refractivity contribution in [3.8, 4) is 0 Å². The van der Waals surface area contributed by atoms with Crippen molar-refractivity contribution in [3.05, 3.63) is 16.7 Å². The summed E-state index contributed by atoms with van der Waals surface area (Å²) in [4.78, 5) is 33.5. The fourth-order valence-corrected chi connectivity index (χ4v) is 1.60. The van der Waals surface area contributed by atoms with Crippen molar-refractivity contribution in [1.29, 1.82) is 0 Å². The van der Waals surface area contributed by atoms with Gasteiger partial charge in [0, 0.05) is 6.92 Å². The number of nitrogens with one attached hydrogen (secondary N) is 2. The highest BCUT2D eigenvalue weighted by Crippen LogP contribution is 2.09. The molecule has 0 radical (unpaired) electrons. The van der Waals surface area contributed by atoms with Gasteiger partial charge in [0.1, 0.15) is 6.73 Å². The van der Waals surface area contributed by atoms with Crippen LogP contribution in [-0.2, 0) is 16.3 Å². The highest BCUT2D eigenvalue weighted by Gasteiger charge is 2.11. The maximum absolute atomic E-state index is 11.8. The van der Waals surface area contributed by atoms with Crippen LogP contribution in [-0.4, -0.2) is 31.5 Å². The molecular formula is C12H17N5O3. The van der Waals surface area contributed by atoms with Crippen LogP contribution in [0.25, 0.3) is 11.2 Å². The smallest absolute Gasteiger partial charge is 0.280 e. The lowest BCUT2D eigenvalue weighted by Gasteiger charge is -2.11. The molecule has 1 atom stereocenters. The molecule has 0 saturated heterocycles. The summed E-state index contributed by atoms with van der Waals surface area (Å²) < 4.78 is 7.21. The summed E-state index contributed by atoms with van der Waals surface area (Å²) in [7, 11) is 0. The van der Waals surface area contributed by atoms with Crippen molar-refractivity contribution < 1.29 is 9.53 Å². The number of H-pyrrole nitrogens is 1. The minimum Gasteiger partial charge on any atom is -0.358 e. The summed E-state index contributed by atoms with van der Waals surface area (Å²) in [5.41, 5.74) is 0.189. The molecule has 0 spiro atoms. The number of nitrogens with zero attached hydrogens (tertiary/aromatic N) is 3. The SMILES string of the molecule is CCC(C)OCn1cnc2c(=O)[nH]c(NC(C)=O)nc21. The first kappa shape index (κ1) is 14.2. The van der Waals surface area contributed by atoms with Crippen LogP contribution < -0.4 is 10.9 Å². The summed E-state index contributed by atoms with van der Waals surface area (Å²) in [6, 6.07) is 0. The number of carbonyl (C=O) groups is 1. The first-order valence-electron chi connectivity index (χ1n) is 6.35. The van der Waals surface area contributed by atoms with Crippen molar-refractivity contribution in [2.75, 3.05) is 5.32 Å². The number of aromatic amines is 1. The van der Waals surface area contributed by atoms with Gasteiger partial charge in [0.05, 0.1) is 12.4 Å². The second-order valence-corrected chi connectivity index (χ2v) is 4.50. The number of hydrogen-bond donors (Lipinski definition) is 2. The second kappa shape index (κ2) is 5.83. The van der Waals surface area contributed by atoms with Crippen molar-refractivity contribution in [1.82, 2.24) is 19.5 Å². The van der Waals surface area contributed by atoms with Gasteiger partial charge in [-0.15, -0.1) is 0 Å². The van der Waals surface area contributed by atoms with Gasteiger partial charge in [-0.1, -0.05) is 6.92 Å². The van der Waals surface area contributed by atoms with E-state index in [-0.39, 0.29) is 30.2 Å². The molecule has 20 heavy (non-hydrogen) atoms. The molecular weight excluding hydrogens is 262 g/mol. The predicted octanol–water partition coefficient (Wildman–Crippen LogP) is 0.851. The molecule has 0 fully saturated rings. The van der Waals surface area contributed by atoms with Crippen LogP contribution in [0.1, 0.15) is 27.2 Å². The normalized spacial score (nSPS) is 12.6. The zero-order valence-corrected chi connectivity index (χ0v) is 11.6. The van der Waals surface area contributed by atoms with Crippen LogP contribution in [0, 0.1) is 0 Å². The van der Waals surface area contributed by atoms with Gasteiger partial charge >= 0.3 is 0 Å². The lowest BCUT2D eigenvalue weighted by atomic mass is 10.3. The van der Waals surface area contributed by atoms with Crippen LogP contribution in [0.15, 0.2) is 11.1 Å². The van der Waals surface area contributed by atoms with Gasteiger partial charge in [0.25, 0.3) is 5.56 Å². The highest BCUT2D eigenvalue weighted by atomic mass is 16.5. The molecule has 1 amide bonds. The number of hydrogen-bond acceptors (Lipinski definition) is 5. The Bertz CT molecular complexity index is 675. The number of ether oxygens (including phenoxy) is 1. The third kappa shape index (κ3) is 3.02. The Morgan fingerprint density at radius 3 is 3.00 bits per heavy atom. The van der Waals surface area contributed by atoms with Gasteiger partial charge in [-0.05, 0) is 13.3 Å². The predicted molar refractivity (Wildman–Crippen MR) is 73.3 cm³/mol. The van der Waals surface area contributed by atoms with E-state index in [0.717, 1.165) is 6.42 Å². The van der Waals surface area contributed by atoms with E-state index < -0.39 is 5.56 Å². The number of aromatic nitrogens is 4. The van der Waals surface area contributed by atoms with Crippen LogP contribution in [0.3, 0.4) is 0 Å². The van der Waals surface area contributed by atoms with E-state index in [1.54, 1.807) is 4.57 Å². The first-order chi connectivity index (χ1) is 9.51. The molecule has 0 aliphatic heterocycles. The van der Waals surface area contributed by atoms with Gasteiger partial charge in [-0.2, -0.15) is 4.98 Å². The first-order valence-corrected chi connectivity index (χ1v) is 6.35. The van der Waals surface area contributed by atoms with Crippen molar-refractivity contribution in [3.63, 3.8) is 0 Å². The Labute approximate surface area is 115 Å². The molecule has 8 nitrogen and oxygen atoms in total. The third-order valence-corrected chi connectivity index (χ3v) is 2.84. The quantitative estimate of drug-likeness (QED) is 0.844. The lowest BCUT2D eigenvalue weighted by molar-refractivity contribution is -0.114. The van der Waals surface area contributed by atoms with E-state index in [1.807, 2.05) is 13.8 Å². The number of carbonyl (C=O) groups excluding carboxylic acids is 1. The van der Waals surface area contributed by atoms with Crippen molar-refractivity contribution >= 4 is 23.0 Å². The maximum atomic E-state index is 11.8. The zero-order chi connectivity index (χ0) is 14.7. The number of rotatable bonds is 5. The Morgan fingerprint density at radius 2 is 2.35 bits per heavy atom. The average molecular weight is 279 g/mol. The number of fused-ring (bicyclic) bond motifs is 1. The minimum absolute atomic E-state index is 0.0975. The topological polar surface area (TPSA) is 102 Å². The Hall–Kier alpha value is -2.22. The van der Waals surface area contributed by atoms with Gasteiger partial charge < -0.3 is 4.74 Å². The summed E-state index contributed by atoms with van der Waals surface area (Å²) in [6.07, 6.45) is 2.48. The van der Waals surface area contributed by atoms with E-state index in [4.69, 9.17) is 4.74 Å². The molecule has 0 aliphatic rings. The Balaban J connectivity index is 2.34. The lowest BCUT2D eigenvalue weighted by Crippen LogP contribution is -2.17.